The van der Waals surface area contributed by atoms with Crippen LogP contribution in [0.3, 0.4) is 0 Å². The first-order valence-electron chi connectivity index (χ1n) is 14.5. The fraction of sp³-hybridized carbons (Fsp3) is 0.364. The Morgan fingerprint density at radius 3 is 2.45 bits per heavy atom. The Labute approximate surface area is 262 Å². The van der Waals surface area contributed by atoms with Gasteiger partial charge in [-0.15, -0.1) is 11.3 Å². The molecule has 0 radical (unpaired) electrons. The maximum atomic E-state index is 15.1. The van der Waals surface area contributed by atoms with Gasteiger partial charge in [-0.1, -0.05) is 19.9 Å². The van der Waals surface area contributed by atoms with Gasteiger partial charge in [0.25, 0.3) is 5.91 Å². The SMILES string of the molecule is CC(C)Oc1cc(CN2CCOCC2)cc(C(C)(C)c2cc(F)cc(NC(=O)c3cc4cc(NS(C)(=O)=O)ccc4s3)c2)c1. The number of thiophene rings is 1. The van der Waals surface area contributed by atoms with Gasteiger partial charge >= 0.3 is 0 Å². The lowest BCUT2D eigenvalue weighted by atomic mass is 9.77. The second kappa shape index (κ2) is 12.8. The summed E-state index contributed by atoms with van der Waals surface area (Å²) in [5.74, 6) is -0.0708. The van der Waals surface area contributed by atoms with Gasteiger partial charge in [0.05, 0.1) is 30.5 Å². The molecule has 5 rings (SSSR count). The van der Waals surface area contributed by atoms with Crippen molar-refractivity contribution in [2.24, 2.45) is 0 Å². The molecule has 11 heteroatoms. The van der Waals surface area contributed by atoms with Crippen LogP contribution in [0.4, 0.5) is 15.8 Å². The number of benzene rings is 3. The van der Waals surface area contributed by atoms with Gasteiger partial charge < -0.3 is 14.8 Å². The lowest BCUT2D eigenvalue weighted by Crippen LogP contribution is -2.35. The minimum atomic E-state index is -3.43. The van der Waals surface area contributed by atoms with Crippen LogP contribution in [0.5, 0.6) is 5.75 Å². The number of sulfonamides is 1. The van der Waals surface area contributed by atoms with Gasteiger partial charge in [-0.05, 0) is 90.5 Å². The highest BCUT2D eigenvalue weighted by atomic mass is 32.2. The number of carbonyl (C=O) groups is 1. The van der Waals surface area contributed by atoms with Crippen molar-refractivity contribution in [3.05, 3.63) is 88.0 Å². The van der Waals surface area contributed by atoms with Gasteiger partial charge in [0.1, 0.15) is 11.6 Å². The fourth-order valence-electron chi connectivity index (χ4n) is 5.29. The number of fused-ring (bicyclic) bond motifs is 1. The maximum Gasteiger partial charge on any atom is 0.265 e. The monoisotopic (exact) mass is 639 g/mol. The highest BCUT2D eigenvalue weighted by Crippen LogP contribution is 2.37. The van der Waals surface area contributed by atoms with Crippen molar-refractivity contribution in [1.29, 1.82) is 0 Å². The quantitative estimate of drug-likeness (QED) is 0.203. The third-order valence-electron chi connectivity index (χ3n) is 7.49. The van der Waals surface area contributed by atoms with E-state index in [2.05, 4.69) is 27.1 Å². The Kier molecular flexibility index (Phi) is 9.31. The molecular weight excluding hydrogens is 602 g/mol. The number of hydrogen-bond donors (Lipinski definition) is 2. The fourth-order valence-corrected chi connectivity index (χ4v) is 6.78. The molecule has 1 amide bonds. The van der Waals surface area contributed by atoms with E-state index in [9.17, 15) is 13.2 Å². The lowest BCUT2D eigenvalue weighted by Gasteiger charge is -2.30. The largest absolute Gasteiger partial charge is 0.491 e. The topological polar surface area (TPSA) is 97.0 Å². The summed E-state index contributed by atoms with van der Waals surface area (Å²) in [6.45, 7) is 11.9. The van der Waals surface area contributed by atoms with Crippen LogP contribution in [-0.4, -0.2) is 57.9 Å². The first-order chi connectivity index (χ1) is 20.7. The van der Waals surface area contributed by atoms with E-state index in [-0.39, 0.29) is 12.0 Å². The normalized spacial score (nSPS) is 14.6. The van der Waals surface area contributed by atoms with Crippen molar-refractivity contribution in [3.63, 3.8) is 0 Å². The van der Waals surface area contributed by atoms with Crippen LogP contribution in [0.2, 0.25) is 0 Å². The minimum Gasteiger partial charge on any atom is -0.491 e. The first-order valence-corrected chi connectivity index (χ1v) is 17.2. The van der Waals surface area contributed by atoms with Crippen molar-refractivity contribution in [2.75, 3.05) is 42.6 Å². The van der Waals surface area contributed by atoms with E-state index in [1.165, 1.54) is 23.5 Å². The van der Waals surface area contributed by atoms with Crippen LogP contribution in [0.25, 0.3) is 10.1 Å². The molecular formula is C33H38FN3O5S2. The van der Waals surface area contributed by atoms with E-state index >= 15 is 4.39 Å². The molecule has 4 aromatic rings. The zero-order chi connectivity index (χ0) is 31.6. The van der Waals surface area contributed by atoms with Gasteiger partial charge in [-0.2, -0.15) is 0 Å². The third kappa shape index (κ3) is 7.95. The van der Waals surface area contributed by atoms with Crippen molar-refractivity contribution in [2.45, 2.75) is 45.8 Å². The lowest BCUT2D eigenvalue weighted by molar-refractivity contribution is 0.0341. The molecule has 1 aliphatic rings. The summed E-state index contributed by atoms with van der Waals surface area (Å²) in [4.78, 5) is 16.0. The van der Waals surface area contributed by atoms with E-state index in [4.69, 9.17) is 9.47 Å². The number of carbonyl (C=O) groups excluding carboxylic acids is 1. The number of halogens is 1. The number of anilines is 2. The number of ether oxygens (including phenoxy) is 2. The van der Waals surface area contributed by atoms with Gasteiger partial charge in [-0.3, -0.25) is 14.4 Å². The number of nitrogens with one attached hydrogen (secondary N) is 2. The third-order valence-corrected chi connectivity index (χ3v) is 9.21. The van der Waals surface area contributed by atoms with E-state index in [0.29, 0.717) is 35.0 Å². The number of hydrogen-bond acceptors (Lipinski definition) is 7. The molecule has 2 heterocycles. The molecule has 2 N–H and O–H groups in total. The van der Waals surface area contributed by atoms with Crippen LogP contribution in [0, 0.1) is 5.82 Å². The smallest absolute Gasteiger partial charge is 0.265 e. The predicted octanol–water partition coefficient (Wildman–Crippen LogP) is 6.61. The standard InChI is InChI=1S/C33H38FN3O5S2/c1-21(2)42-29-13-22(20-37-8-10-41-11-9-37)12-24(18-29)33(3,4)25-16-26(34)19-28(17-25)35-32(38)31-15-23-14-27(36-44(5,39)40)6-7-30(23)43-31/h6-7,12-19,21,36H,8-11,20H2,1-5H3,(H,35,38). The van der Waals surface area contributed by atoms with Crippen LogP contribution >= 0.6 is 11.3 Å². The molecule has 8 nitrogen and oxygen atoms in total. The molecule has 1 saturated heterocycles. The van der Waals surface area contributed by atoms with Gasteiger partial charge in [0, 0.05) is 41.1 Å². The Balaban J connectivity index is 1.41. The molecule has 0 atom stereocenters. The number of morpholine rings is 1. The summed E-state index contributed by atoms with van der Waals surface area (Å²) in [6.07, 6.45) is 1.08. The molecule has 1 fully saturated rings. The zero-order valence-corrected chi connectivity index (χ0v) is 27.2. The highest BCUT2D eigenvalue weighted by molar-refractivity contribution is 7.92. The number of amides is 1. The van der Waals surface area contributed by atoms with Gasteiger partial charge in [0.2, 0.25) is 10.0 Å². The molecule has 234 valence electrons. The van der Waals surface area contributed by atoms with Gasteiger partial charge in [-0.25, -0.2) is 12.8 Å². The van der Waals surface area contributed by atoms with Crippen LogP contribution < -0.4 is 14.8 Å². The Morgan fingerprint density at radius 1 is 1.02 bits per heavy atom. The molecule has 3 aromatic carbocycles. The summed E-state index contributed by atoms with van der Waals surface area (Å²) in [5, 5.41) is 3.58. The summed E-state index contributed by atoms with van der Waals surface area (Å²) in [6, 6.07) is 17.6. The molecule has 0 unspecified atom stereocenters. The first kappa shape index (κ1) is 31.9. The Hall–Kier alpha value is -3.51. The van der Waals surface area contributed by atoms with E-state index in [1.807, 2.05) is 33.8 Å². The zero-order valence-electron chi connectivity index (χ0n) is 25.6. The molecule has 0 bridgehead atoms. The van der Waals surface area contributed by atoms with Crippen molar-refractivity contribution in [3.8, 4) is 5.75 Å². The summed E-state index contributed by atoms with van der Waals surface area (Å²) in [5.41, 5.74) is 2.94. The molecule has 0 spiro atoms. The average molecular weight is 640 g/mol. The van der Waals surface area contributed by atoms with Crippen molar-refractivity contribution >= 4 is 48.7 Å². The van der Waals surface area contributed by atoms with E-state index in [1.54, 1.807) is 30.3 Å². The summed E-state index contributed by atoms with van der Waals surface area (Å²) >= 11 is 1.28. The summed E-state index contributed by atoms with van der Waals surface area (Å²) < 4.78 is 53.2. The van der Waals surface area contributed by atoms with E-state index in [0.717, 1.165) is 52.9 Å². The Bertz CT molecular complexity index is 1780. The van der Waals surface area contributed by atoms with Crippen LogP contribution in [-0.2, 0) is 26.7 Å². The summed E-state index contributed by atoms with van der Waals surface area (Å²) in [7, 11) is -3.43. The van der Waals surface area contributed by atoms with Gasteiger partial charge in [0.15, 0.2) is 0 Å². The molecule has 0 aliphatic carbocycles. The second-order valence-electron chi connectivity index (χ2n) is 12.0. The number of nitrogens with zero attached hydrogens (tertiary/aromatic N) is 1. The maximum absolute atomic E-state index is 15.1. The molecule has 1 aliphatic heterocycles. The van der Waals surface area contributed by atoms with Crippen LogP contribution in [0.15, 0.2) is 60.7 Å². The number of rotatable bonds is 10. The second-order valence-corrected chi connectivity index (χ2v) is 14.8. The van der Waals surface area contributed by atoms with E-state index < -0.39 is 21.3 Å². The Morgan fingerprint density at radius 2 is 1.75 bits per heavy atom. The highest BCUT2D eigenvalue weighted by Gasteiger charge is 2.27. The van der Waals surface area contributed by atoms with Crippen LogP contribution in [0.1, 0.15) is 54.1 Å². The molecule has 1 aromatic heterocycles. The predicted molar refractivity (Wildman–Crippen MR) is 175 cm³/mol. The molecule has 44 heavy (non-hydrogen) atoms. The molecule has 0 saturated carbocycles. The minimum absolute atomic E-state index is 0.00276. The average Bonchev–Trinajstić information content (AvgIpc) is 3.36. The van der Waals surface area contributed by atoms with Crippen molar-refractivity contribution in [1.82, 2.24) is 4.90 Å². The van der Waals surface area contributed by atoms with Crippen molar-refractivity contribution < 1.29 is 27.1 Å².